The summed E-state index contributed by atoms with van der Waals surface area (Å²) in [5.41, 5.74) is 4.71. The molecule has 1 aliphatic carbocycles. The van der Waals surface area contributed by atoms with E-state index in [0.29, 0.717) is 17.5 Å². The summed E-state index contributed by atoms with van der Waals surface area (Å²) < 4.78 is 5.26. The summed E-state index contributed by atoms with van der Waals surface area (Å²) in [5.74, 6) is 0.450. The SMILES string of the molecule is COC(C)(C)CNC(=O)C1(C(N)=S)CC(C)C1. The molecule has 0 unspecified atom stereocenters. The van der Waals surface area contributed by atoms with Gasteiger partial charge in [-0.15, -0.1) is 0 Å². The molecule has 0 aromatic heterocycles. The lowest BCUT2D eigenvalue weighted by Gasteiger charge is -2.44. The Bertz CT molecular complexity index is 322. The van der Waals surface area contributed by atoms with E-state index in [1.807, 2.05) is 13.8 Å². The van der Waals surface area contributed by atoms with E-state index in [-0.39, 0.29) is 11.5 Å². The fourth-order valence-electron chi connectivity index (χ4n) is 2.16. The molecule has 0 spiro atoms. The van der Waals surface area contributed by atoms with Crippen molar-refractivity contribution < 1.29 is 9.53 Å². The van der Waals surface area contributed by atoms with E-state index < -0.39 is 5.41 Å². The van der Waals surface area contributed by atoms with Crippen LogP contribution in [0.25, 0.3) is 0 Å². The van der Waals surface area contributed by atoms with E-state index in [4.69, 9.17) is 22.7 Å². The normalized spacial score (nSPS) is 28.4. The Hall–Kier alpha value is -0.680. The smallest absolute Gasteiger partial charge is 0.233 e. The minimum atomic E-state index is -0.626. The third kappa shape index (κ3) is 2.96. The summed E-state index contributed by atoms with van der Waals surface area (Å²) in [6, 6.07) is 0. The van der Waals surface area contributed by atoms with Crippen LogP contribution in [0.5, 0.6) is 0 Å². The molecule has 0 aromatic rings. The predicted octanol–water partition coefficient (Wildman–Crippen LogP) is 1.23. The standard InChI is InChI=1S/C12H22N2O2S/c1-8-5-12(6-8,9(13)17)10(15)14-7-11(2,3)16-4/h8H,5-7H2,1-4H3,(H2,13,17)(H,14,15). The molecule has 1 amide bonds. The van der Waals surface area contributed by atoms with Crippen molar-refractivity contribution in [2.24, 2.45) is 17.1 Å². The van der Waals surface area contributed by atoms with Gasteiger partial charge in [-0.1, -0.05) is 19.1 Å². The fourth-order valence-corrected chi connectivity index (χ4v) is 2.42. The molecule has 0 atom stereocenters. The van der Waals surface area contributed by atoms with E-state index in [1.165, 1.54) is 0 Å². The number of nitrogens with one attached hydrogen (secondary N) is 1. The van der Waals surface area contributed by atoms with Gasteiger partial charge in [-0.2, -0.15) is 0 Å². The van der Waals surface area contributed by atoms with E-state index in [1.54, 1.807) is 7.11 Å². The number of methoxy groups -OCH3 is 1. The monoisotopic (exact) mass is 258 g/mol. The number of carbonyl (C=O) groups is 1. The van der Waals surface area contributed by atoms with Crippen molar-refractivity contribution in [3.8, 4) is 0 Å². The van der Waals surface area contributed by atoms with Crippen molar-refractivity contribution in [2.75, 3.05) is 13.7 Å². The van der Waals surface area contributed by atoms with Crippen LogP contribution < -0.4 is 11.1 Å². The molecule has 98 valence electrons. The van der Waals surface area contributed by atoms with Gasteiger partial charge in [0, 0.05) is 13.7 Å². The van der Waals surface area contributed by atoms with Crippen LogP contribution >= 0.6 is 12.2 Å². The highest BCUT2D eigenvalue weighted by atomic mass is 32.1. The second-order valence-electron chi connectivity index (χ2n) is 5.61. The van der Waals surface area contributed by atoms with Gasteiger partial charge in [0.1, 0.15) is 0 Å². The average Bonchev–Trinajstić information content (AvgIpc) is 2.20. The number of amides is 1. The minimum absolute atomic E-state index is 0.0618. The fraction of sp³-hybridized carbons (Fsp3) is 0.833. The summed E-state index contributed by atoms with van der Waals surface area (Å²) in [6.07, 6.45) is 1.50. The number of nitrogens with two attached hydrogens (primary N) is 1. The van der Waals surface area contributed by atoms with E-state index in [9.17, 15) is 4.79 Å². The van der Waals surface area contributed by atoms with E-state index >= 15 is 0 Å². The van der Waals surface area contributed by atoms with Crippen molar-refractivity contribution >= 4 is 23.1 Å². The maximum Gasteiger partial charge on any atom is 0.233 e. The predicted molar refractivity (Wildman–Crippen MR) is 71.7 cm³/mol. The topological polar surface area (TPSA) is 64.3 Å². The maximum atomic E-state index is 12.2. The number of hydrogen-bond donors (Lipinski definition) is 2. The molecular formula is C12H22N2O2S. The van der Waals surface area contributed by atoms with Gasteiger partial charge in [0.2, 0.25) is 5.91 Å². The van der Waals surface area contributed by atoms with Gasteiger partial charge in [-0.05, 0) is 32.6 Å². The van der Waals surface area contributed by atoms with Crippen molar-refractivity contribution in [3.63, 3.8) is 0 Å². The molecule has 0 radical (unpaired) electrons. The first-order valence-electron chi connectivity index (χ1n) is 5.87. The van der Waals surface area contributed by atoms with Crippen LogP contribution in [0.4, 0.5) is 0 Å². The van der Waals surface area contributed by atoms with Crippen molar-refractivity contribution in [1.82, 2.24) is 5.32 Å². The second-order valence-corrected chi connectivity index (χ2v) is 6.05. The molecule has 1 fully saturated rings. The third-order valence-corrected chi connectivity index (χ3v) is 3.92. The molecule has 0 aliphatic heterocycles. The van der Waals surface area contributed by atoms with Gasteiger partial charge in [-0.25, -0.2) is 0 Å². The molecule has 0 heterocycles. The lowest BCUT2D eigenvalue weighted by Crippen LogP contribution is -2.57. The number of carbonyl (C=O) groups excluding carboxylic acids is 1. The summed E-state index contributed by atoms with van der Waals surface area (Å²) >= 11 is 5.03. The van der Waals surface area contributed by atoms with Gasteiger partial charge >= 0.3 is 0 Å². The van der Waals surface area contributed by atoms with Crippen LogP contribution in [-0.4, -0.2) is 30.2 Å². The number of ether oxygens (including phenoxy) is 1. The third-order valence-electron chi connectivity index (χ3n) is 3.53. The van der Waals surface area contributed by atoms with Crippen molar-refractivity contribution in [3.05, 3.63) is 0 Å². The van der Waals surface area contributed by atoms with Crippen LogP contribution in [0.2, 0.25) is 0 Å². The Morgan fingerprint density at radius 2 is 2.12 bits per heavy atom. The first-order valence-corrected chi connectivity index (χ1v) is 6.28. The maximum absolute atomic E-state index is 12.2. The zero-order chi connectivity index (χ0) is 13.3. The number of hydrogen-bond acceptors (Lipinski definition) is 3. The van der Waals surface area contributed by atoms with Crippen LogP contribution in [0.15, 0.2) is 0 Å². The second kappa shape index (κ2) is 4.90. The Kier molecular flexibility index (Phi) is 4.15. The Morgan fingerprint density at radius 1 is 1.59 bits per heavy atom. The van der Waals surface area contributed by atoms with Gasteiger partial charge in [0.15, 0.2) is 0 Å². The largest absolute Gasteiger partial charge is 0.392 e. The summed E-state index contributed by atoms with van der Waals surface area (Å²) in [7, 11) is 1.63. The molecule has 4 nitrogen and oxygen atoms in total. The van der Waals surface area contributed by atoms with Crippen LogP contribution in [0.3, 0.4) is 0 Å². The zero-order valence-electron chi connectivity index (χ0n) is 11.0. The molecule has 0 saturated heterocycles. The van der Waals surface area contributed by atoms with Crippen LogP contribution in [-0.2, 0) is 9.53 Å². The highest BCUT2D eigenvalue weighted by molar-refractivity contribution is 7.80. The Balaban J connectivity index is 2.60. The molecule has 0 aromatic carbocycles. The molecule has 5 heteroatoms. The van der Waals surface area contributed by atoms with Crippen molar-refractivity contribution in [1.29, 1.82) is 0 Å². The van der Waals surface area contributed by atoms with Gasteiger partial charge in [-0.3, -0.25) is 4.79 Å². The molecular weight excluding hydrogens is 236 g/mol. The Labute approximate surface area is 108 Å². The number of thiocarbonyl (C=S) groups is 1. The molecule has 1 aliphatic rings. The molecule has 0 bridgehead atoms. The summed E-state index contributed by atoms with van der Waals surface area (Å²) in [6.45, 7) is 6.40. The average molecular weight is 258 g/mol. The lowest BCUT2D eigenvalue weighted by molar-refractivity contribution is -0.134. The van der Waals surface area contributed by atoms with Gasteiger partial charge < -0.3 is 15.8 Å². The van der Waals surface area contributed by atoms with E-state index in [0.717, 1.165) is 12.8 Å². The molecule has 17 heavy (non-hydrogen) atoms. The lowest BCUT2D eigenvalue weighted by atomic mass is 9.62. The Morgan fingerprint density at radius 3 is 2.47 bits per heavy atom. The summed E-state index contributed by atoms with van der Waals surface area (Å²) in [5, 5.41) is 2.89. The molecule has 3 N–H and O–H groups in total. The van der Waals surface area contributed by atoms with Gasteiger partial charge in [0.25, 0.3) is 0 Å². The van der Waals surface area contributed by atoms with Crippen molar-refractivity contribution in [2.45, 2.75) is 39.2 Å². The molecule has 1 rings (SSSR count). The highest BCUT2D eigenvalue weighted by Gasteiger charge is 2.50. The van der Waals surface area contributed by atoms with Crippen LogP contribution in [0.1, 0.15) is 33.6 Å². The quantitative estimate of drug-likeness (QED) is 0.728. The first-order chi connectivity index (χ1) is 7.73. The minimum Gasteiger partial charge on any atom is -0.392 e. The van der Waals surface area contributed by atoms with Crippen LogP contribution in [0, 0.1) is 11.3 Å². The van der Waals surface area contributed by atoms with Gasteiger partial charge in [0.05, 0.1) is 16.0 Å². The summed E-state index contributed by atoms with van der Waals surface area (Å²) in [4.78, 5) is 12.5. The number of rotatable bonds is 5. The molecule has 1 saturated carbocycles. The zero-order valence-corrected chi connectivity index (χ0v) is 11.8. The first kappa shape index (κ1) is 14.4. The van der Waals surface area contributed by atoms with E-state index in [2.05, 4.69) is 12.2 Å². The highest BCUT2D eigenvalue weighted by Crippen LogP contribution is 2.45.